The fourth-order valence-corrected chi connectivity index (χ4v) is 9.21. The molecule has 0 radical (unpaired) electrons. The van der Waals surface area contributed by atoms with Crippen molar-refractivity contribution in [3.05, 3.63) is 193 Å². The lowest BCUT2D eigenvalue weighted by molar-refractivity contribution is 0.812. The minimum Gasteiger partial charge on any atom is -0.314 e. The van der Waals surface area contributed by atoms with Gasteiger partial charge in [-0.1, -0.05) is 173 Å². The molecule has 0 N–H and O–H groups in total. The molecule has 4 heteroatoms. The van der Waals surface area contributed by atoms with E-state index in [-0.39, 0.29) is 6.71 Å². The van der Waals surface area contributed by atoms with Gasteiger partial charge >= 0.3 is 0 Å². The second kappa shape index (κ2) is 17.1. The van der Waals surface area contributed by atoms with E-state index in [1.807, 2.05) is 23.9 Å². The average Bonchev–Trinajstić information content (AvgIpc) is 3.21. The number of allylic oxidation sites excluding steroid dienone is 5. The third-order valence-corrected chi connectivity index (χ3v) is 11.9. The minimum atomic E-state index is 0.0830. The van der Waals surface area contributed by atoms with Gasteiger partial charge in [-0.05, 0) is 108 Å². The van der Waals surface area contributed by atoms with Gasteiger partial charge in [0.15, 0.2) is 0 Å². The van der Waals surface area contributed by atoms with E-state index in [2.05, 4.69) is 217 Å². The molecule has 280 valence electrons. The van der Waals surface area contributed by atoms with Gasteiger partial charge in [-0.3, -0.25) is 0 Å². The van der Waals surface area contributed by atoms with Crippen molar-refractivity contribution in [3.8, 4) is 0 Å². The largest absolute Gasteiger partial charge is 0.314 e. The molecule has 0 amide bonds. The lowest BCUT2D eigenvalue weighted by Gasteiger charge is -2.34. The first kappa shape index (κ1) is 38.8. The molecule has 6 aromatic carbocycles. The lowest BCUT2D eigenvalue weighted by Crippen LogP contribution is -2.57. The van der Waals surface area contributed by atoms with Crippen molar-refractivity contribution in [1.82, 2.24) is 0 Å². The number of anilines is 5. The Morgan fingerprint density at radius 1 is 0.554 bits per heavy atom. The highest BCUT2D eigenvalue weighted by atomic mass is 32.2. The summed E-state index contributed by atoms with van der Waals surface area (Å²) in [6, 6.07) is 51.5. The third kappa shape index (κ3) is 7.95. The van der Waals surface area contributed by atoms with E-state index in [9.17, 15) is 0 Å². The van der Waals surface area contributed by atoms with E-state index in [4.69, 9.17) is 0 Å². The van der Waals surface area contributed by atoms with E-state index in [0.717, 1.165) is 34.1 Å². The first-order valence-corrected chi connectivity index (χ1v) is 20.8. The van der Waals surface area contributed by atoms with Crippen LogP contribution in [0.4, 0.5) is 28.4 Å². The van der Waals surface area contributed by atoms with E-state index in [0.29, 0.717) is 17.8 Å². The Morgan fingerprint density at radius 3 is 1.52 bits per heavy atom. The van der Waals surface area contributed by atoms with Crippen LogP contribution in [0.2, 0.25) is 0 Å². The van der Waals surface area contributed by atoms with Crippen molar-refractivity contribution in [2.24, 2.45) is 0 Å². The molecule has 1 heterocycles. The van der Waals surface area contributed by atoms with Crippen molar-refractivity contribution in [2.75, 3.05) is 9.80 Å². The Hall–Kier alpha value is -5.45. The van der Waals surface area contributed by atoms with Crippen LogP contribution in [-0.2, 0) is 0 Å². The standard InChI is InChI=1S/C52H53BN2S/c1-9-10-14-21-39(8)54(41-22-15-11-16-23-41)44-28-30-48-50(34-44)56-51-35-45(55(42-24-17-12-18-25-42)43-26-19-13-20-27-43)29-31-49(51)53(48)52-46(37(4)5)32-40(36(2)3)33-47(52)38(6)7/h9-38H,1H2,2-8H3/b14-10-,39-21+. The molecule has 2 nitrogen and oxygen atoms in total. The van der Waals surface area contributed by atoms with Crippen LogP contribution in [-0.4, -0.2) is 6.71 Å². The van der Waals surface area contributed by atoms with Gasteiger partial charge in [0, 0.05) is 43.9 Å². The number of hydrogen-bond acceptors (Lipinski definition) is 3. The van der Waals surface area contributed by atoms with Gasteiger partial charge < -0.3 is 9.80 Å². The molecule has 0 aliphatic carbocycles. The molecule has 1 aliphatic rings. The first-order chi connectivity index (χ1) is 27.2. The Bertz CT molecular complexity index is 2290. The van der Waals surface area contributed by atoms with Crippen LogP contribution < -0.4 is 26.2 Å². The van der Waals surface area contributed by atoms with Crippen molar-refractivity contribution in [3.63, 3.8) is 0 Å². The van der Waals surface area contributed by atoms with E-state index in [1.165, 1.54) is 42.9 Å². The molecule has 0 atom stereocenters. The summed E-state index contributed by atoms with van der Waals surface area (Å²) in [6.45, 7) is 20.2. The molecule has 0 saturated heterocycles. The first-order valence-electron chi connectivity index (χ1n) is 20.0. The summed E-state index contributed by atoms with van der Waals surface area (Å²) in [4.78, 5) is 7.31. The SMILES string of the molecule is C=C/C=C\C=C(/C)N(c1ccccc1)c1ccc2c(c1)Sc1cc(N(c3ccccc3)c3ccccc3)ccc1B2c1c(C(C)C)cc(C(C)C)cc1C(C)C. The second-order valence-corrected chi connectivity index (χ2v) is 16.7. The predicted molar refractivity (Wildman–Crippen MR) is 247 cm³/mol. The van der Waals surface area contributed by atoms with Gasteiger partial charge in [0.05, 0.1) is 0 Å². The number of para-hydroxylation sites is 3. The molecule has 0 bridgehead atoms. The molecule has 56 heavy (non-hydrogen) atoms. The summed E-state index contributed by atoms with van der Waals surface area (Å²) >= 11 is 1.90. The fraction of sp³-hybridized carbons (Fsp3) is 0.192. The number of hydrogen-bond donors (Lipinski definition) is 0. The highest BCUT2D eigenvalue weighted by Gasteiger charge is 2.36. The van der Waals surface area contributed by atoms with Crippen molar-refractivity contribution < 1.29 is 0 Å². The molecule has 1 aliphatic heterocycles. The number of rotatable bonds is 12. The molecular formula is C52H53BN2S. The van der Waals surface area contributed by atoms with Gasteiger partial charge in [0.25, 0.3) is 0 Å². The maximum absolute atomic E-state index is 3.88. The van der Waals surface area contributed by atoms with Gasteiger partial charge in [0.2, 0.25) is 6.71 Å². The van der Waals surface area contributed by atoms with Crippen LogP contribution in [0, 0.1) is 0 Å². The molecule has 0 fully saturated rings. The van der Waals surface area contributed by atoms with Gasteiger partial charge in [-0.2, -0.15) is 0 Å². The smallest absolute Gasteiger partial charge is 0.244 e. The van der Waals surface area contributed by atoms with Crippen LogP contribution in [0.1, 0.15) is 82.9 Å². The Labute approximate surface area is 340 Å². The predicted octanol–water partition coefficient (Wildman–Crippen LogP) is 13.3. The van der Waals surface area contributed by atoms with Crippen LogP contribution in [0.5, 0.6) is 0 Å². The zero-order valence-corrected chi connectivity index (χ0v) is 34.7. The highest BCUT2D eigenvalue weighted by molar-refractivity contribution is 8.00. The topological polar surface area (TPSA) is 6.48 Å². The zero-order chi connectivity index (χ0) is 39.3. The quantitative estimate of drug-likeness (QED) is 0.0908. The average molecular weight is 749 g/mol. The molecule has 0 spiro atoms. The molecule has 6 aromatic rings. The van der Waals surface area contributed by atoms with Gasteiger partial charge in [-0.25, -0.2) is 0 Å². The Balaban J connectivity index is 1.48. The number of nitrogens with zero attached hydrogens (tertiary/aromatic N) is 2. The second-order valence-electron chi connectivity index (χ2n) is 15.7. The zero-order valence-electron chi connectivity index (χ0n) is 33.9. The Morgan fingerprint density at radius 2 is 1.04 bits per heavy atom. The molecule has 0 saturated carbocycles. The maximum atomic E-state index is 3.88. The van der Waals surface area contributed by atoms with Gasteiger partial charge in [0.1, 0.15) is 0 Å². The van der Waals surface area contributed by atoms with Crippen LogP contribution >= 0.6 is 11.8 Å². The Kier molecular flexibility index (Phi) is 11.9. The van der Waals surface area contributed by atoms with Crippen LogP contribution in [0.3, 0.4) is 0 Å². The van der Waals surface area contributed by atoms with E-state index < -0.39 is 0 Å². The number of fused-ring (bicyclic) bond motifs is 2. The van der Waals surface area contributed by atoms with Crippen molar-refractivity contribution >= 4 is 63.3 Å². The van der Waals surface area contributed by atoms with Crippen LogP contribution in [0.15, 0.2) is 186 Å². The highest BCUT2D eigenvalue weighted by Crippen LogP contribution is 2.41. The molecule has 0 unspecified atom stereocenters. The lowest BCUT2D eigenvalue weighted by atomic mass is 9.34. The van der Waals surface area contributed by atoms with Crippen molar-refractivity contribution in [2.45, 2.75) is 76.0 Å². The van der Waals surface area contributed by atoms with Crippen LogP contribution in [0.25, 0.3) is 0 Å². The molecule has 7 rings (SSSR count). The van der Waals surface area contributed by atoms with E-state index in [1.54, 1.807) is 0 Å². The minimum absolute atomic E-state index is 0.0830. The maximum Gasteiger partial charge on any atom is 0.244 e. The summed E-state index contributed by atoms with van der Waals surface area (Å²) in [6.07, 6.45) is 8.02. The monoisotopic (exact) mass is 748 g/mol. The third-order valence-electron chi connectivity index (χ3n) is 10.8. The number of benzene rings is 6. The summed E-state index contributed by atoms with van der Waals surface area (Å²) in [5.41, 5.74) is 15.3. The normalized spacial score (nSPS) is 12.7. The summed E-state index contributed by atoms with van der Waals surface area (Å²) in [5.74, 6) is 1.20. The summed E-state index contributed by atoms with van der Waals surface area (Å²) in [7, 11) is 0. The molecular weight excluding hydrogens is 695 g/mol. The van der Waals surface area contributed by atoms with Crippen molar-refractivity contribution in [1.29, 1.82) is 0 Å². The van der Waals surface area contributed by atoms with Gasteiger partial charge in [-0.15, -0.1) is 0 Å². The molecule has 0 aromatic heterocycles. The summed E-state index contributed by atoms with van der Waals surface area (Å²) in [5, 5.41) is 0. The fourth-order valence-electron chi connectivity index (χ4n) is 8.00. The summed E-state index contributed by atoms with van der Waals surface area (Å²) < 4.78 is 0. The van der Waals surface area contributed by atoms with E-state index >= 15 is 0 Å².